The first kappa shape index (κ1) is 32.8. The van der Waals surface area contributed by atoms with Crippen LogP contribution in [0.1, 0.15) is 130 Å². The standard InChI is InChI=1S/4C8H15.Sn/c4*1-3-5-7-8-6-4-2;/h4*3,5H,1,4,6-8H2,2H3;. The van der Waals surface area contributed by atoms with E-state index in [1.54, 1.807) is 0 Å². The molecule has 0 radical (unpaired) electrons. The third-order valence-electron chi connectivity index (χ3n) is 6.77. The summed E-state index contributed by atoms with van der Waals surface area (Å²) in [6.45, 7) is 9.21. The number of unbranched alkanes of at least 4 members (excludes halogenated alkanes) is 12. The van der Waals surface area contributed by atoms with E-state index in [1.807, 2.05) is 0 Å². The molecule has 0 aromatic heterocycles. The van der Waals surface area contributed by atoms with Crippen molar-refractivity contribution in [2.24, 2.45) is 0 Å². The fourth-order valence-corrected chi connectivity index (χ4v) is 14.8. The second-order valence-corrected chi connectivity index (χ2v) is 23.4. The van der Waals surface area contributed by atoms with E-state index >= 15 is 0 Å². The predicted octanol–water partition coefficient (Wildman–Crippen LogP) is 12.0. The molecule has 192 valence electrons. The van der Waals surface area contributed by atoms with Crippen LogP contribution in [0.2, 0.25) is 17.7 Å². The Bertz CT molecular complexity index is 403. The molecule has 0 atom stereocenters. The summed E-state index contributed by atoms with van der Waals surface area (Å²) >= 11 is -2.32. The van der Waals surface area contributed by atoms with E-state index in [9.17, 15) is 0 Å². The molecule has 0 aromatic rings. The fourth-order valence-electron chi connectivity index (χ4n) is 4.35. The van der Waals surface area contributed by atoms with Crippen LogP contribution in [0.5, 0.6) is 0 Å². The molecule has 1 heteroatoms. The Morgan fingerprint density at radius 2 is 0.576 bits per heavy atom. The second-order valence-electron chi connectivity index (χ2n) is 10.2. The molecule has 0 aliphatic carbocycles. The second kappa shape index (κ2) is 26.4. The van der Waals surface area contributed by atoms with Crippen molar-refractivity contribution in [1.29, 1.82) is 0 Å². The van der Waals surface area contributed by atoms with Crippen LogP contribution in [-0.4, -0.2) is 18.4 Å². The first-order chi connectivity index (χ1) is 16.2. The summed E-state index contributed by atoms with van der Waals surface area (Å²) in [6, 6.07) is 0. The average molecular weight is 564 g/mol. The van der Waals surface area contributed by atoms with E-state index in [4.69, 9.17) is 0 Å². The Morgan fingerprint density at radius 3 is 0.788 bits per heavy atom. The molecule has 0 aliphatic heterocycles. The first-order valence-corrected chi connectivity index (χ1v) is 22.9. The van der Waals surface area contributed by atoms with Crippen LogP contribution in [-0.2, 0) is 0 Å². The van der Waals surface area contributed by atoms with Crippen LogP contribution in [0.25, 0.3) is 0 Å². The van der Waals surface area contributed by atoms with Crippen molar-refractivity contribution in [3.8, 4) is 0 Å². The Morgan fingerprint density at radius 1 is 0.333 bits per heavy atom. The number of rotatable bonds is 24. The summed E-state index contributed by atoms with van der Waals surface area (Å²) in [4.78, 5) is 0. The minimum atomic E-state index is -2.32. The van der Waals surface area contributed by atoms with Gasteiger partial charge >= 0.3 is 215 Å². The number of hydrogen-bond donors (Lipinski definition) is 0. The Hall–Kier alpha value is -0.241. The zero-order chi connectivity index (χ0) is 24.3. The topological polar surface area (TPSA) is 0 Å². The van der Waals surface area contributed by atoms with Gasteiger partial charge in [0.25, 0.3) is 0 Å². The maximum atomic E-state index is 2.60. The molecular weight excluding hydrogens is 503 g/mol. The van der Waals surface area contributed by atoms with Crippen LogP contribution in [0.15, 0.2) is 48.6 Å². The van der Waals surface area contributed by atoms with Gasteiger partial charge in [-0.2, -0.15) is 0 Å². The predicted molar refractivity (Wildman–Crippen MR) is 158 cm³/mol. The molecule has 0 aromatic carbocycles. The Kier molecular flexibility index (Phi) is 26.2. The van der Waals surface area contributed by atoms with Crippen LogP contribution < -0.4 is 0 Å². The first-order valence-electron chi connectivity index (χ1n) is 14.8. The van der Waals surface area contributed by atoms with Gasteiger partial charge in [-0.15, -0.1) is 0 Å². The third kappa shape index (κ3) is 22.0. The SMILES string of the molecule is CCCCCC=C[CH2][Sn]([CH2]C=CCCCCC)([CH2]C=CCCCCC)[CH2]C=CCCCCC. The van der Waals surface area contributed by atoms with Gasteiger partial charge in [-0.1, -0.05) is 0 Å². The van der Waals surface area contributed by atoms with Crippen LogP contribution in [0.3, 0.4) is 0 Å². The normalized spacial score (nSPS) is 14.4. The summed E-state index contributed by atoms with van der Waals surface area (Å²) in [6.07, 6.45) is 41.9. The van der Waals surface area contributed by atoms with Crippen molar-refractivity contribution >= 4 is 18.4 Å². The molecule has 0 bridgehead atoms. The average Bonchev–Trinajstić information content (AvgIpc) is 2.83. The zero-order valence-corrected chi connectivity index (χ0v) is 26.1. The van der Waals surface area contributed by atoms with Gasteiger partial charge in [0.15, 0.2) is 0 Å². The maximum absolute atomic E-state index is 2.60. The van der Waals surface area contributed by atoms with Gasteiger partial charge in [-0.3, -0.25) is 0 Å². The quantitative estimate of drug-likeness (QED) is 0.0623. The Labute approximate surface area is 214 Å². The van der Waals surface area contributed by atoms with E-state index in [0.717, 1.165) is 0 Å². The van der Waals surface area contributed by atoms with Gasteiger partial charge in [0.05, 0.1) is 0 Å². The van der Waals surface area contributed by atoms with E-state index in [0.29, 0.717) is 0 Å². The van der Waals surface area contributed by atoms with Gasteiger partial charge in [0, 0.05) is 0 Å². The molecule has 0 aliphatic rings. The molecular formula is C32H60Sn. The molecule has 0 N–H and O–H groups in total. The summed E-state index contributed by atoms with van der Waals surface area (Å²) < 4.78 is 5.66. The van der Waals surface area contributed by atoms with Crippen LogP contribution in [0.4, 0.5) is 0 Å². The molecule has 0 saturated heterocycles. The molecule has 33 heavy (non-hydrogen) atoms. The van der Waals surface area contributed by atoms with Crippen molar-refractivity contribution in [3.63, 3.8) is 0 Å². The van der Waals surface area contributed by atoms with Crippen molar-refractivity contribution in [3.05, 3.63) is 48.6 Å². The summed E-state index contributed by atoms with van der Waals surface area (Å²) in [5, 5.41) is 0. The van der Waals surface area contributed by atoms with Gasteiger partial charge in [-0.05, 0) is 0 Å². The zero-order valence-electron chi connectivity index (χ0n) is 23.3. The molecule has 0 amide bonds. The van der Waals surface area contributed by atoms with Gasteiger partial charge < -0.3 is 0 Å². The van der Waals surface area contributed by atoms with Crippen molar-refractivity contribution in [1.82, 2.24) is 0 Å². The molecule has 0 rings (SSSR count). The van der Waals surface area contributed by atoms with Gasteiger partial charge in [0.1, 0.15) is 0 Å². The fraction of sp³-hybridized carbons (Fsp3) is 0.750. The van der Waals surface area contributed by atoms with Crippen molar-refractivity contribution in [2.75, 3.05) is 0 Å². The minimum absolute atomic E-state index is 1.28. The Balaban J connectivity index is 5.18. The number of allylic oxidation sites excluding steroid dienone is 8. The van der Waals surface area contributed by atoms with Gasteiger partial charge in [-0.25, -0.2) is 0 Å². The van der Waals surface area contributed by atoms with E-state index in [2.05, 4.69) is 76.3 Å². The van der Waals surface area contributed by atoms with E-state index in [-0.39, 0.29) is 0 Å². The van der Waals surface area contributed by atoms with Crippen LogP contribution in [0, 0.1) is 0 Å². The molecule has 0 fully saturated rings. The molecule has 0 spiro atoms. The molecule has 0 heterocycles. The van der Waals surface area contributed by atoms with E-state index < -0.39 is 18.4 Å². The summed E-state index contributed by atoms with van der Waals surface area (Å²) in [5.41, 5.74) is 0. The van der Waals surface area contributed by atoms with Crippen molar-refractivity contribution < 1.29 is 0 Å². The summed E-state index contributed by atoms with van der Waals surface area (Å²) in [5.74, 6) is 0. The van der Waals surface area contributed by atoms with Gasteiger partial charge in [0.2, 0.25) is 0 Å². The molecule has 0 saturated carbocycles. The van der Waals surface area contributed by atoms with Crippen LogP contribution >= 0.6 is 0 Å². The molecule has 0 nitrogen and oxygen atoms in total. The third-order valence-corrected chi connectivity index (χ3v) is 19.3. The van der Waals surface area contributed by atoms with Crippen molar-refractivity contribution in [2.45, 2.75) is 148 Å². The van der Waals surface area contributed by atoms with E-state index in [1.165, 1.54) is 120 Å². The number of hydrogen-bond acceptors (Lipinski definition) is 0. The summed E-state index contributed by atoms with van der Waals surface area (Å²) in [7, 11) is 0. The molecule has 0 unspecified atom stereocenters. The monoisotopic (exact) mass is 564 g/mol.